The Morgan fingerprint density at radius 1 is 1.59 bits per heavy atom. The standard InChI is InChI=1S/C15H19ClN2O2S2/c1-4-13(22-15-17-5-6-21-15)14(19)18-11-7-9(2)10(16)8-12(11)20-3/h7-8,13H,4-6H2,1-3H3,(H,18,19). The quantitative estimate of drug-likeness (QED) is 0.856. The summed E-state index contributed by atoms with van der Waals surface area (Å²) >= 11 is 9.34. The van der Waals surface area contributed by atoms with E-state index in [1.165, 1.54) is 11.8 Å². The molecule has 0 radical (unpaired) electrons. The van der Waals surface area contributed by atoms with Crippen LogP contribution in [-0.2, 0) is 4.79 Å². The van der Waals surface area contributed by atoms with Crippen LogP contribution in [0.5, 0.6) is 5.75 Å². The summed E-state index contributed by atoms with van der Waals surface area (Å²) in [5, 5.41) is 3.40. The zero-order chi connectivity index (χ0) is 16.1. The van der Waals surface area contributed by atoms with Crippen molar-refractivity contribution in [3.63, 3.8) is 0 Å². The van der Waals surface area contributed by atoms with Crippen molar-refractivity contribution in [2.75, 3.05) is 24.7 Å². The first-order chi connectivity index (χ1) is 10.5. The van der Waals surface area contributed by atoms with Gasteiger partial charge < -0.3 is 10.1 Å². The number of rotatable bonds is 5. The first-order valence-corrected chi connectivity index (χ1v) is 9.28. The van der Waals surface area contributed by atoms with E-state index in [9.17, 15) is 4.79 Å². The third-order valence-electron chi connectivity index (χ3n) is 3.20. The van der Waals surface area contributed by atoms with Crippen molar-refractivity contribution < 1.29 is 9.53 Å². The highest BCUT2D eigenvalue weighted by molar-refractivity contribution is 8.39. The lowest BCUT2D eigenvalue weighted by molar-refractivity contribution is -0.115. The zero-order valence-corrected chi connectivity index (χ0v) is 15.2. The Morgan fingerprint density at radius 3 is 2.95 bits per heavy atom. The first kappa shape index (κ1) is 17.5. The second-order valence-electron chi connectivity index (χ2n) is 4.80. The molecule has 1 aliphatic rings. The number of hydrogen-bond donors (Lipinski definition) is 1. The van der Waals surface area contributed by atoms with Crippen LogP contribution in [0.15, 0.2) is 17.1 Å². The average molecular weight is 359 g/mol. The van der Waals surface area contributed by atoms with Gasteiger partial charge in [0.05, 0.1) is 24.6 Å². The fourth-order valence-electron chi connectivity index (χ4n) is 1.97. The minimum atomic E-state index is -0.162. The molecule has 7 heteroatoms. The molecule has 120 valence electrons. The molecule has 0 spiro atoms. The van der Waals surface area contributed by atoms with Crippen molar-refractivity contribution in [3.05, 3.63) is 22.7 Å². The summed E-state index contributed by atoms with van der Waals surface area (Å²) in [5.74, 6) is 1.53. The number of nitrogens with zero attached hydrogens (tertiary/aromatic N) is 1. The number of aryl methyl sites for hydroxylation is 1. The van der Waals surface area contributed by atoms with Gasteiger partial charge in [-0.15, -0.1) is 0 Å². The molecule has 1 N–H and O–H groups in total. The molecule has 0 aliphatic carbocycles. The number of aliphatic imine (C=N–C) groups is 1. The Morgan fingerprint density at radius 2 is 2.36 bits per heavy atom. The second-order valence-corrected chi connectivity index (χ2v) is 7.74. The van der Waals surface area contributed by atoms with Crippen LogP contribution < -0.4 is 10.1 Å². The molecule has 22 heavy (non-hydrogen) atoms. The molecule has 1 atom stereocenters. The molecule has 1 aromatic rings. The topological polar surface area (TPSA) is 50.7 Å². The lowest BCUT2D eigenvalue weighted by Crippen LogP contribution is -2.25. The molecule has 1 amide bonds. The number of methoxy groups -OCH3 is 1. The molecular weight excluding hydrogens is 340 g/mol. The maximum Gasteiger partial charge on any atom is 0.238 e. The van der Waals surface area contributed by atoms with E-state index in [1.807, 2.05) is 19.9 Å². The average Bonchev–Trinajstić information content (AvgIpc) is 3.01. The van der Waals surface area contributed by atoms with Crippen molar-refractivity contribution in [3.8, 4) is 5.75 Å². The molecule has 0 bridgehead atoms. The Hall–Kier alpha value is -0.850. The van der Waals surface area contributed by atoms with E-state index in [-0.39, 0.29) is 11.2 Å². The number of ether oxygens (including phenoxy) is 1. The van der Waals surface area contributed by atoms with Crippen LogP contribution in [0.25, 0.3) is 0 Å². The number of nitrogens with one attached hydrogen (secondary N) is 1. The van der Waals surface area contributed by atoms with Gasteiger partial charge in [-0.2, -0.15) is 0 Å². The number of carbonyl (C=O) groups excluding carboxylic acids is 1. The Labute approximate surface area is 144 Å². The maximum atomic E-state index is 12.5. The van der Waals surface area contributed by atoms with Crippen LogP contribution in [0.2, 0.25) is 5.02 Å². The van der Waals surface area contributed by atoms with E-state index < -0.39 is 0 Å². The predicted molar refractivity (Wildman–Crippen MR) is 97.8 cm³/mol. The first-order valence-electron chi connectivity index (χ1n) is 7.04. The van der Waals surface area contributed by atoms with Crippen molar-refractivity contribution in [2.45, 2.75) is 25.5 Å². The van der Waals surface area contributed by atoms with Gasteiger partial charge in [-0.25, -0.2) is 0 Å². The largest absolute Gasteiger partial charge is 0.495 e. The third-order valence-corrected chi connectivity index (χ3v) is 6.18. The SMILES string of the molecule is CCC(SC1=NCCS1)C(=O)Nc1cc(C)c(Cl)cc1OC. The number of hydrogen-bond acceptors (Lipinski definition) is 5. The number of amides is 1. The van der Waals surface area contributed by atoms with Crippen LogP contribution >= 0.6 is 35.1 Å². The van der Waals surface area contributed by atoms with E-state index >= 15 is 0 Å². The van der Waals surface area contributed by atoms with Crippen molar-refractivity contribution in [2.24, 2.45) is 4.99 Å². The predicted octanol–water partition coefficient (Wildman–Crippen LogP) is 4.21. The summed E-state index contributed by atoms with van der Waals surface area (Å²) in [6.07, 6.45) is 0.741. The Kier molecular flexibility index (Phi) is 6.47. The van der Waals surface area contributed by atoms with E-state index in [1.54, 1.807) is 24.9 Å². The number of thioether (sulfide) groups is 2. The maximum absolute atomic E-state index is 12.5. The molecule has 1 aromatic carbocycles. The molecule has 0 saturated carbocycles. The van der Waals surface area contributed by atoms with Gasteiger partial charge in [-0.3, -0.25) is 9.79 Å². The van der Waals surface area contributed by atoms with Gasteiger partial charge in [0.15, 0.2) is 0 Å². The Balaban J connectivity index is 2.11. The number of carbonyl (C=O) groups is 1. The van der Waals surface area contributed by atoms with Crippen molar-refractivity contribution in [1.82, 2.24) is 0 Å². The highest BCUT2D eigenvalue weighted by Crippen LogP contribution is 2.33. The lowest BCUT2D eigenvalue weighted by atomic mass is 10.2. The van der Waals surface area contributed by atoms with E-state index in [0.717, 1.165) is 28.7 Å². The zero-order valence-electron chi connectivity index (χ0n) is 12.8. The number of halogens is 1. The van der Waals surface area contributed by atoms with Gasteiger partial charge in [0.1, 0.15) is 10.1 Å². The summed E-state index contributed by atoms with van der Waals surface area (Å²) in [5.41, 5.74) is 1.55. The molecule has 0 aromatic heterocycles. The fraction of sp³-hybridized carbons (Fsp3) is 0.467. The van der Waals surface area contributed by atoms with E-state index in [2.05, 4.69) is 10.3 Å². The van der Waals surface area contributed by atoms with Crippen molar-refractivity contribution in [1.29, 1.82) is 0 Å². The minimum absolute atomic E-state index is 0.0391. The van der Waals surface area contributed by atoms with Crippen LogP contribution in [0.1, 0.15) is 18.9 Å². The molecule has 1 aliphatic heterocycles. The van der Waals surface area contributed by atoms with Gasteiger partial charge in [0.25, 0.3) is 0 Å². The van der Waals surface area contributed by atoms with Gasteiger partial charge >= 0.3 is 0 Å². The number of benzene rings is 1. The summed E-state index contributed by atoms with van der Waals surface area (Å²) in [6, 6.07) is 3.55. The smallest absolute Gasteiger partial charge is 0.238 e. The normalized spacial score (nSPS) is 15.4. The van der Waals surface area contributed by atoms with Gasteiger partial charge in [0.2, 0.25) is 5.91 Å². The van der Waals surface area contributed by atoms with Gasteiger partial charge in [-0.05, 0) is 25.0 Å². The molecule has 1 unspecified atom stereocenters. The lowest BCUT2D eigenvalue weighted by Gasteiger charge is -2.17. The van der Waals surface area contributed by atoms with Gasteiger partial charge in [0, 0.05) is 16.8 Å². The molecular formula is C15H19ClN2O2S2. The molecule has 0 saturated heterocycles. The second kappa shape index (κ2) is 8.13. The summed E-state index contributed by atoms with van der Waals surface area (Å²) in [6.45, 7) is 4.74. The van der Waals surface area contributed by atoms with Crippen LogP contribution in [0.4, 0.5) is 5.69 Å². The molecule has 2 rings (SSSR count). The number of anilines is 1. The summed E-state index contributed by atoms with van der Waals surface area (Å²) in [4.78, 5) is 16.9. The Bertz CT molecular complexity index is 593. The minimum Gasteiger partial charge on any atom is -0.495 e. The van der Waals surface area contributed by atoms with Crippen LogP contribution in [0.3, 0.4) is 0 Å². The van der Waals surface area contributed by atoms with Crippen molar-refractivity contribution >= 4 is 51.1 Å². The van der Waals surface area contributed by atoms with Crippen LogP contribution in [0, 0.1) is 6.92 Å². The molecule has 0 fully saturated rings. The summed E-state index contributed by atoms with van der Waals surface area (Å²) in [7, 11) is 1.56. The van der Waals surface area contributed by atoms with E-state index in [4.69, 9.17) is 16.3 Å². The van der Waals surface area contributed by atoms with Gasteiger partial charge in [-0.1, -0.05) is 42.0 Å². The van der Waals surface area contributed by atoms with Crippen LogP contribution in [-0.4, -0.2) is 34.9 Å². The molecule has 1 heterocycles. The summed E-state index contributed by atoms with van der Waals surface area (Å²) < 4.78 is 6.30. The monoisotopic (exact) mass is 358 g/mol. The highest BCUT2D eigenvalue weighted by atomic mass is 35.5. The molecule has 4 nitrogen and oxygen atoms in total. The third kappa shape index (κ3) is 4.33. The highest BCUT2D eigenvalue weighted by Gasteiger charge is 2.22. The van der Waals surface area contributed by atoms with E-state index in [0.29, 0.717) is 16.5 Å². The fourth-order valence-corrected chi connectivity index (χ4v) is 4.28.